The van der Waals surface area contributed by atoms with Crippen molar-refractivity contribution in [3.8, 4) is 17.2 Å². The van der Waals surface area contributed by atoms with Crippen LogP contribution in [0.2, 0.25) is 0 Å². The summed E-state index contributed by atoms with van der Waals surface area (Å²) in [5.41, 5.74) is 1.68. The van der Waals surface area contributed by atoms with Gasteiger partial charge in [0, 0.05) is 17.4 Å². The van der Waals surface area contributed by atoms with Crippen molar-refractivity contribution >= 4 is 11.8 Å². The fourth-order valence-corrected chi connectivity index (χ4v) is 3.89. The van der Waals surface area contributed by atoms with E-state index < -0.39 is 11.7 Å². The van der Waals surface area contributed by atoms with Crippen LogP contribution in [-0.4, -0.2) is 12.2 Å². The molecule has 0 aliphatic rings. The number of hydrogen-bond acceptors (Lipinski definition) is 4. The van der Waals surface area contributed by atoms with Gasteiger partial charge in [0.1, 0.15) is 23.9 Å². The summed E-state index contributed by atoms with van der Waals surface area (Å²) in [6.07, 6.45) is -4.35. The van der Waals surface area contributed by atoms with Gasteiger partial charge in [0.2, 0.25) is 0 Å². The molecule has 3 rings (SSSR count). The van der Waals surface area contributed by atoms with Gasteiger partial charge in [0.25, 0.3) is 0 Å². The smallest absolute Gasteiger partial charge is 0.416 e. The van der Waals surface area contributed by atoms with Crippen molar-refractivity contribution in [1.29, 1.82) is 0 Å². The lowest BCUT2D eigenvalue weighted by Gasteiger charge is -2.14. The van der Waals surface area contributed by atoms with Crippen LogP contribution in [0.1, 0.15) is 22.3 Å². The molecule has 0 radical (unpaired) electrons. The van der Waals surface area contributed by atoms with E-state index in [0.29, 0.717) is 22.8 Å². The Balaban J connectivity index is 1.69. The molecule has 158 valence electrons. The quantitative estimate of drug-likeness (QED) is 0.425. The normalized spacial score (nSPS) is 11.4. The van der Waals surface area contributed by atoms with E-state index >= 15 is 0 Å². The third-order valence-corrected chi connectivity index (χ3v) is 5.60. The number of aromatic hydroxyl groups is 1. The van der Waals surface area contributed by atoms with Gasteiger partial charge in [-0.3, -0.25) is 0 Å². The maximum Gasteiger partial charge on any atom is 0.416 e. The second-order valence-electron chi connectivity index (χ2n) is 6.67. The first-order chi connectivity index (χ1) is 14.3. The first kappa shape index (κ1) is 21.9. The SMILES string of the molecule is COc1cc(O)c(C)cc1SCc1ccccc1OCc1ccc(C(F)(F)F)cc1. The second kappa shape index (κ2) is 9.34. The molecule has 0 spiro atoms. The molecule has 0 heterocycles. The maximum atomic E-state index is 12.7. The number of rotatable bonds is 7. The van der Waals surface area contributed by atoms with E-state index in [2.05, 4.69) is 0 Å². The summed E-state index contributed by atoms with van der Waals surface area (Å²) < 4.78 is 49.3. The number of methoxy groups -OCH3 is 1. The number of benzene rings is 3. The van der Waals surface area contributed by atoms with E-state index in [1.54, 1.807) is 24.9 Å². The molecule has 1 N–H and O–H groups in total. The number of ether oxygens (including phenoxy) is 2. The average Bonchev–Trinajstić information content (AvgIpc) is 2.73. The Morgan fingerprint density at radius 1 is 0.967 bits per heavy atom. The Morgan fingerprint density at radius 2 is 1.67 bits per heavy atom. The summed E-state index contributed by atoms with van der Waals surface area (Å²) in [6, 6.07) is 15.9. The Hall–Kier alpha value is -2.80. The molecule has 3 aromatic rings. The molecule has 0 fully saturated rings. The van der Waals surface area contributed by atoms with Gasteiger partial charge >= 0.3 is 6.18 Å². The summed E-state index contributed by atoms with van der Waals surface area (Å²) in [4.78, 5) is 0.894. The molecule has 0 aromatic heterocycles. The highest BCUT2D eigenvalue weighted by molar-refractivity contribution is 7.98. The van der Waals surface area contributed by atoms with Gasteiger partial charge in [-0.2, -0.15) is 13.2 Å². The lowest BCUT2D eigenvalue weighted by molar-refractivity contribution is -0.137. The minimum Gasteiger partial charge on any atom is -0.508 e. The topological polar surface area (TPSA) is 38.7 Å². The van der Waals surface area contributed by atoms with Crippen LogP contribution >= 0.6 is 11.8 Å². The molecule has 0 saturated carbocycles. The largest absolute Gasteiger partial charge is 0.508 e. The van der Waals surface area contributed by atoms with Crippen LogP contribution < -0.4 is 9.47 Å². The molecule has 0 unspecified atom stereocenters. The molecule has 7 heteroatoms. The minimum absolute atomic E-state index is 0.168. The number of halogens is 3. The van der Waals surface area contributed by atoms with Crippen molar-refractivity contribution in [3.05, 3.63) is 82.9 Å². The maximum absolute atomic E-state index is 12.7. The van der Waals surface area contributed by atoms with Gasteiger partial charge in [0.05, 0.1) is 17.6 Å². The van der Waals surface area contributed by atoms with Crippen LogP contribution in [0, 0.1) is 6.92 Å². The third kappa shape index (κ3) is 5.42. The van der Waals surface area contributed by atoms with E-state index in [-0.39, 0.29) is 12.4 Å². The van der Waals surface area contributed by atoms with Crippen molar-refractivity contribution in [2.45, 2.75) is 30.4 Å². The zero-order valence-electron chi connectivity index (χ0n) is 16.5. The van der Waals surface area contributed by atoms with E-state index in [0.717, 1.165) is 28.2 Å². The van der Waals surface area contributed by atoms with Crippen LogP contribution in [0.4, 0.5) is 13.2 Å². The number of thioether (sulfide) groups is 1. The molecule has 30 heavy (non-hydrogen) atoms. The van der Waals surface area contributed by atoms with Gasteiger partial charge in [-0.05, 0) is 42.3 Å². The van der Waals surface area contributed by atoms with Gasteiger partial charge in [-0.15, -0.1) is 11.8 Å². The Kier molecular flexibility index (Phi) is 6.82. The van der Waals surface area contributed by atoms with Crippen LogP contribution in [0.15, 0.2) is 65.6 Å². The zero-order valence-corrected chi connectivity index (χ0v) is 17.3. The lowest BCUT2D eigenvalue weighted by atomic mass is 10.1. The predicted molar refractivity (Wildman–Crippen MR) is 111 cm³/mol. The van der Waals surface area contributed by atoms with Crippen LogP contribution in [-0.2, 0) is 18.5 Å². The molecule has 0 saturated heterocycles. The van der Waals surface area contributed by atoms with Gasteiger partial charge in [0.15, 0.2) is 0 Å². The zero-order chi connectivity index (χ0) is 21.7. The van der Waals surface area contributed by atoms with Crippen LogP contribution in [0.5, 0.6) is 17.2 Å². The Morgan fingerprint density at radius 3 is 2.33 bits per heavy atom. The second-order valence-corrected chi connectivity index (χ2v) is 7.69. The lowest BCUT2D eigenvalue weighted by Crippen LogP contribution is -2.05. The van der Waals surface area contributed by atoms with Crippen molar-refractivity contribution < 1.29 is 27.8 Å². The molecule has 0 aliphatic heterocycles. The Labute approximate surface area is 177 Å². The first-order valence-electron chi connectivity index (χ1n) is 9.15. The predicted octanol–water partition coefficient (Wildman–Crippen LogP) is 6.60. The molecule has 0 bridgehead atoms. The number of phenols is 1. The fourth-order valence-electron chi connectivity index (χ4n) is 2.79. The monoisotopic (exact) mass is 434 g/mol. The molecule has 0 aliphatic carbocycles. The number of phenolic OH excluding ortho intramolecular Hbond substituents is 1. The number of alkyl halides is 3. The van der Waals surface area contributed by atoms with E-state index in [4.69, 9.17) is 9.47 Å². The summed E-state index contributed by atoms with van der Waals surface area (Å²) in [6.45, 7) is 1.99. The Bertz CT molecular complexity index is 1000. The van der Waals surface area contributed by atoms with E-state index in [1.807, 2.05) is 37.3 Å². The minimum atomic E-state index is -4.35. The van der Waals surface area contributed by atoms with Crippen molar-refractivity contribution in [2.75, 3.05) is 7.11 Å². The molecule has 0 atom stereocenters. The van der Waals surface area contributed by atoms with Crippen LogP contribution in [0.25, 0.3) is 0 Å². The summed E-state index contributed by atoms with van der Waals surface area (Å²) >= 11 is 1.55. The first-order valence-corrected chi connectivity index (χ1v) is 10.1. The number of hydrogen-bond donors (Lipinski definition) is 1. The molecular weight excluding hydrogens is 413 g/mol. The van der Waals surface area contributed by atoms with Gasteiger partial charge in [-0.25, -0.2) is 0 Å². The third-order valence-electron chi connectivity index (χ3n) is 4.51. The van der Waals surface area contributed by atoms with Crippen molar-refractivity contribution in [3.63, 3.8) is 0 Å². The summed E-state index contributed by atoms with van der Waals surface area (Å²) in [5, 5.41) is 9.85. The average molecular weight is 434 g/mol. The standard InChI is InChI=1S/C23H21F3O3S/c1-15-11-22(21(28-2)12-19(15)27)30-14-17-5-3-4-6-20(17)29-13-16-7-9-18(10-8-16)23(24,25)26/h3-12,27H,13-14H2,1-2H3. The summed E-state index contributed by atoms with van der Waals surface area (Å²) in [7, 11) is 1.55. The molecule has 0 amide bonds. The summed E-state index contributed by atoms with van der Waals surface area (Å²) in [5.74, 6) is 2.03. The van der Waals surface area contributed by atoms with Gasteiger partial charge < -0.3 is 14.6 Å². The highest BCUT2D eigenvalue weighted by atomic mass is 32.2. The van der Waals surface area contributed by atoms with E-state index in [9.17, 15) is 18.3 Å². The molecular formula is C23H21F3O3S. The number of para-hydroxylation sites is 1. The highest BCUT2D eigenvalue weighted by Gasteiger charge is 2.29. The van der Waals surface area contributed by atoms with E-state index in [1.165, 1.54) is 12.1 Å². The van der Waals surface area contributed by atoms with Crippen molar-refractivity contribution in [1.82, 2.24) is 0 Å². The molecule has 3 nitrogen and oxygen atoms in total. The fraction of sp³-hybridized carbons (Fsp3) is 0.217. The van der Waals surface area contributed by atoms with Gasteiger partial charge in [-0.1, -0.05) is 30.3 Å². The van der Waals surface area contributed by atoms with Crippen LogP contribution in [0.3, 0.4) is 0 Å². The number of aryl methyl sites for hydroxylation is 1. The molecule has 3 aromatic carbocycles. The van der Waals surface area contributed by atoms with Crippen molar-refractivity contribution in [2.24, 2.45) is 0 Å². The highest BCUT2D eigenvalue weighted by Crippen LogP contribution is 2.37.